The van der Waals surface area contributed by atoms with Gasteiger partial charge in [0.05, 0.1) is 0 Å². The first-order valence-corrected chi connectivity index (χ1v) is 7.09. The molecule has 0 heterocycles. The second-order valence-corrected chi connectivity index (χ2v) is 4.91. The zero-order valence-corrected chi connectivity index (χ0v) is 12.3. The van der Waals surface area contributed by atoms with Gasteiger partial charge in [-0.2, -0.15) is 0 Å². The Balaban J connectivity index is 2.20. The van der Waals surface area contributed by atoms with Crippen LogP contribution in [-0.4, -0.2) is 6.54 Å². The second-order valence-electron chi connectivity index (χ2n) is 4.91. The number of nitrogens with zero attached hydrogens (tertiary/aromatic N) is 1. The van der Waals surface area contributed by atoms with Gasteiger partial charge >= 0.3 is 0 Å². The molecule has 0 fully saturated rings. The topological polar surface area (TPSA) is 3.24 Å². The van der Waals surface area contributed by atoms with E-state index < -0.39 is 0 Å². The summed E-state index contributed by atoms with van der Waals surface area (Å²) in [5.74, 6) is 0. The number of hydrogen-bond donors (Lipinski definition) is 0. The molecule has 0 aliphatic carbocycles. The molecule has 0 spiro atoms. The molecular weight excluding hydrogens is 254 g/mol. The average molecular weight is 275 g/mol. The maximum Gasteiger partial charge on any atom is 0.0410 e. The lowest BCUT2D eigenvalue weighted by Crippen LogP contribution is -2.18. The molecule has 21 heavy (non-hydrogen) atoms. The van der Waals surface area contributed by atoms with Gasteiger partial charge in [-0.15, -0.1) is 0 Å². The lowest BCUT2D eigenvalue weighted by molar-refractivity contribution is 0.914. The SMILES string of the molecule is C=CC(=C)C(=C)CCN(c1ccccc1)c1ccccc1. The summed E-state index contributed by atoms with van der Waals surface area (Å²) in [6, 6.07) is 20.8. The molecule has 0 aliphatic heterocycles. The van der Waals surface area contributed by atoms with E-state index in [9.17, 15) is 0 Å². The van der Waals surface area contributed by atoms with E-state index in [0.29, 0.717) is 0 Å². The van der Waals surface area contributed by atoms with Crippen molar-refractivity contribution in [3.63, 3.8) is 0 Å². The minimum Gasteiger partial charge on any atom is -0.341 e. The van der Waals surface area contributed by atoms with Crippen LogP contribution >= 0.6 is 0 Å². The third-order valence-electron chi connectivity index (χ3n) is 3.47. The number of allylic oxidation sites excluding steroid dienone is 2. The van der Waals surface area contributed by atoms with Crippen molar-refractivity contribution in [2.75, 3.05) is 11.4 Å². The molecular formula is C20H21N. The molecule has 1 heteroatoms. The van der Waals surface area contributed by atoms with Crippen molar-refractivity contribution in [3.8, 4) is 0 Å². The molecule has 0 radical (unpaired) electrons. The third kappa shape index (κ3) is 3.96. The summed E-state index contributed by atoms with van der Waals surface area (Å²) in [5.41, 5.74) is 4.30. The third-order valence-corrected chi connectivity index (χ3v) is 3.47. The van der Waals surface area contributed by atoms with Crippen molar-refractivity contribution in [2.45, 2.75) is 6.42 Å². The number of hydrogen-bond acceptors (Lipinski definition) is 1. The Kier molecular flexibility index (Phi) is 5.16. The van der Waals surface area contributed by atoms with Gasteiger partial charge < -0.3 is 4.90 Å². The summed E-state index contributed by atoms with van der Waals surface area (Å²) in [4.78, 5) is 2.29. The van der Waals surface area contributed by atoms with Gasteiger partial charge in [0.1, 0.15) is 0 Å². The molecule has 0 unspecified atom stereocenters. The number of anilines is 2. The van der Waals surface area contributed by atoms with Gasteiger partial charge in [0.15, 0.2) is 0 Å². The number of para-hydroxylation sites is 2. The lowest BCUT2D eigenvalue weighted by atomic mass is 10.1. The van der Waals surface area contributed by atoms with Crippen molar-refractivity contribution < 1.29 is 0 Å². The van der Waals surface area contributed by atoms with Crippen LogP contribution in [0.5, 0.6) is 0 Å². The summed E-state index contributed by atoms with van der Waals surface area (Å²) in [7, 11) is 0. The van der Waals surface area contributed by atoms with Crippen molar-refractivity contribution in [3.05, 3.63) is 97.6 Å². The first kappa shape index (κ1) is 14.9. The number of benzene rings is 2. The first-order valence-electron chi connectivity index (χ1n) is 7.09. The lowest BCUT2D eigenvalue weighted by Gasteiger charge is -2.25. The van der Waals surface area contributed by atoms with Crippen molar-refractivity contribution >= 4 is 11.4 Å². The Bertz CT molecular complexity index is 571. The Morgan fingerprint density at radius 3 is 1.76 bits per heavy atom. The fourth-order valence-electron chi connectivity index (χ4n) is 2.17. The molecule has 0 bridgehead atoms. The van der Waals surface area contributed by atoms with E-state index in [2.05, 4.69) is 73.2 Å². The van der Waals surface area contributed by atoms with Crippen LogP contribution in [0.25, 0.3) is 0 Å². The van der Waals surface area contributed by atoms with E-state index in [4.69, 9.17) is 0 Å². The predicted octanol–water partition coefficient (Wildman–Crippen LogP) is 5.51. The Hall–Kier alpha value is -2.54. The van der Waals surface area contributed by atoms with Gasteiger partial charge in [0.2, 0.25) is 0 Å². The Morgan fingerprint density at radius 1 is 0.857 bits per heavy atom. The largest absolute Gasteiger partial charge is 0.341 e. The van der Waals surface area contributed by atoms with E-state index in [1.165, 1.54) is 11.4 Å². The van der Waals surface area contributed by atoms with E-state index >= 15 is 0 Å². The molecule has 2 rings (SSSR count). The molecule has 0 saturated carbocycles. The van der Waals surface area contributed by atoms with Crippen LogP contribution in [0.4, 0.5) is 11.4 Å². The van der Waals surface area contributed by atoms with Gasteiger partial charge in [0.25, 0.3) is 0 Å². The Morgan fingerprint density at radius 2 is 1.33 bits per heavy atom. The van der Waals surface area contributed by atoms with Gasteiger partial charge in [-0.3, -0.25) is 0 Å². The minimum absolute atomic E-state index is 0.856. The smallest absolute Gasteiger partial charge is 0.0410 e. The highest BCUT2D eigenvalue weighted by Crippen LogP contribution is 2.26. The standard InChI is InChI=1S/C20H21N/c1-4-17(2)18(3)15-16-21(19-11-7-5-8-12-19)20-13-9-6-10-14-20/h4-14H,1-3,15-16H2. The van der Waals surface area contributed by atoms with Crippen LogP contribution in [0.1, 0.15) is 6.42 Å². The molecule has 0 atom stereocenters. The average Bonchev–Trinajstić information content (AvgIpc) is 2.56. The van der Waals surface area contributed by atoms with E-state index in [1.54, 1.807) is 6.08 Å². The highest BCUT2D eigenvalue weighted by Gasteiger charge is 2.09. The maximum absolute atomic E-state index is 4.09. The van der Waals surface area contributed by atoms with Crippen LogP contribution < -0.4 is 4.90 Å². The fraction of sp³-hybridized carbons (Fsp3) is 0.100. The second kappa shape index (κ2) is 7.30. The monoisotopic (exact) mass is 275 g/mol. The molecule has 0 aliphatic rings. The highest BCUT2D eigenvalue weighted by atomic mass is 15.1. The van der Waals surface area contributed by atoms with Crippen LogP contribution in [0.2, 0.25) is 0 Å². The molecule has 2 aromatic carbocycles. The fourth-order valence-corrected chi connectivity index (χ4v) is 2.17. The summed E-state index contributed by atoms with van der Waals surface area (Å²) < 4.78 is 0. The van der Waals surface area contributed by atoms with Crippen molar-refractivity contribution in [1.29, 1.82) is 0 Å². The zero-order chi connectivity index (χ0) is 15.1. The van der Waals surface area contributed by atoms with Gasteiger partial charge in [-0.25, -0.2) is 0 Å². The van der Waals surface area contributed by atoms with Crippen molar-refractivity contribution in [2.24, 2.45) is 0 Å². The Labute approximate surface area is 127 Å². The molecule has 0 aromatic heterocycles. The molecule has 106 valence electrons. The molecule has 0 N–H and O–H groups in total. The highest BCUT2D eigenvalue weighted by molar-refractivity contribution is 5.63. The summed E-state index contributed by atoms with van der Waals surface area (Å²) in [6.45, 7) is 12.7. The number of rotatable bonds is 7. The summed E-state index contributed by atoms with van der Waals surface area (Å²) in [5, 5.41) is 0. The van der Waals surface area contributed by atoms with Crippen LogP contribution in [0.3, 0.4) is 0 Å². The molecule has 1 nitrogen and oxygen atoms in total. The maximum atomic E-state index is 4.09. The van der Waals surface area contributed by atoms with Crippen LogP contribution in [-0.2, 0) is 0 Å². The first-order chi connectivity index (χ1) is 10.2. The molecule has 0 amide bonds. The van der Waals surface area contributed by atoms with E-state index in [1.807, 2.05) is 12.1 Å². The van der Waals surface area contributed by atoms with Crippen molar-refractivity contribution in [1.82, 2.24) is 0 Å². The minimum atomic E-state index is 0.856. The van der Waals surface area contributed by atoms with Gasteiger partial charge in [0, 0.05) is 17.9 Å². The van der Waals surface area contributed by atoms with Crippen LogP contribution in [0, 0.1) is 0 Å². The predicted molar refractivity (Wildman–Crippen MR) is 93.0 cm³/mol. The quantitative estimate of drug-likeness (QED) is 0.602. The molecule has 2 aromatic rings. The van der Waals surface area contributed by atoms with E-state index in [-0.39, 0.29) is 0 Å². The summed E-state index contributed by atoms with van der Waals surface area (Å²) in [6.07, 6.45) is 2.62. The normalized spacial score (nSPS) is 9.90. The molecule has 0 saturated heterocycles. The summed E-state index contributed by atoms with van der Waals surface area (Å²) >= 11 is 0. The van der Waals surface area contributed by atoms with Gasteiger partial charge in [-0.05, 0) is 41.8 Å². The zero-order valence-electron chi connectivity index (χ0n) is 12.3. The van der Waals surface area contributed by atoms with Gasteiger partial charge in [-0.1, -0.05) is 62.2 Å². The van der Waals surface area contributed by atoms with E-state index in [0.717, 1.165) is 24.1 Å². The van der Waals surface area contributed by atoms with Crippen LogP contribution in [0.15, 0.2) is 97.6 Å².